The van der Waals surface area contributed by atoms with Gasteiger partial charge in [-0.1, -0.05) is 6.07 Å². The number of rotatable bonds is 2. The number of nitrogen functional groups attached to an aromatic ring is 1. The Morgan fingerprint density at radius 2 is 1.80 bits per heavy atom. The van der Waals surface area contributed by atoms with Gasteiger partial charge in [-0.05, 0) is 44.9 Å². The van der Waals surface area contributed by atoms with Crippen LogP contribution in [0, 0.1) is 39.0 Å². The topological polar surface area (TPSA) is 64.0 Å². The van der Waals surface area contributed by atoms with Gasteiger partial charge in [0.15, 0.2) is 0 Å². The van der Waals surface area contributed by atoms with Gasteiger partial charge < -0.3 is 10.5 Å². The van der Waals surface area contributed by atoms with E-state index in [2.05, 4.69) is 6.07 Å². The lowest BCUT2D eigenvalue weighted by Gasteiger charge is -2.17. The Morgan fingerprint density at radius 1 is 1.15 bits per heavy atom. The van der Waals surface area contributed by atoms with Gasteiger partial charge in [-0.3, -0.25) is 4.57 Å². The van der Waals surface area contributed by atoms with Gasteiger partial charge in [0.2, 0.25) is 0 Å². The average molecular weight is 269 g/mol. The zero-order chi connectivity index (χ0) is 15.0. The first kappa shape index (κ1) is 14.0. The van der Waals surface area contributed by atoms with Crippen LogP contribution in [0.3, 0.4) is 0 Å². The highest BCUT2D eigenvalue weighted by atomic mass is 16.5. The number of hydrogen-bond donors (Lipinski definition) is 1. The van der Waals surface area contributed by atoms with Crippen LogP contribution in [0.15, 0.2) is 12.1 Å². The van der Waals surface area contributed by atoms with E-state index in [0.29, 0.717) is 11.4 Å². The van der Waals surface area contributed by atoms with E-state index >= 15 is 0 Å². The summed E-state index contributed by atoms with van der Waals surface area (Å²) < 4.78 is 7.33. The number of anilines is 1. The van der Waals surface area contributed by atoms with Crippen molar-refractivity contribution in [2.24, 2.45) is 0 Å². The molecule has 1 aromatic carbocycles. The minimum Gasteiger partial charge on any atom is -0.496 e. The number of methoxy groups -OCH3 is 1. The Kier molecular flexibility index (Phi) is 3.46. The molecule has 0 aliphatic rings. The third-order valence-corrected chi connectivity index (χ3v) is 3.89. The van der Waals surface area contributed by atoms with Crippen molar-refractivity contribution in [3.8, 4) is 17.5 Å². The van der Waals surface area contributed by atoms with E-state index in [1.807, 2.05) is 44.4 Å². The molecule has 0 saturated carbocycles. The highest BCUT2D eigenvalue weighted by molar-refractivity contribution is 5.66. The molecular formula is C16H19N3O. The summed E-state index contributed by atoms with van der Waals surface area (Å²) >= 11 is 0. The maximum Gasteiger partial charge on any atom is 0.126 e. The van der Waals surface area contributed by atoms with E-state index in [1.54, 1.807) is 7.11 Å². The van der Waals surface area contributed by atoms with Gasteiger partial charge in [0.25, 0.3) is 0 Å². The molecule has 0 unspecified atom stereocenters. The molecule has 0 aliphatic heterocycles. The summed E-state index contributed by atoms with van der Waals surface area (Å²) in [5.74, 6) is 1.30. The summed E-state index contributed by atoms with van der Waals surface area (Å²) in [5, 5.41) is 9.26. The second kappa shape index (κ2) is 4.93. The molecular weight excluding hydrogens is 250 g/mol. The first-order chi connectivity index (χ1) is 9.43. The van der Waals surface area contributed by atoms with Crippen LogP contribution in [0.2, 0.25) is 0 Å². The number of nitriles is 1. The van der Waals surface area contributed by atoms with Crippen molar-refractivity contribution in [2.75, 3.05) is 12.8 Å². The summed E-state index contributed by atoms with van der Waals surface area (Å²) in [6, 6.07) is 6.13. The molecule has 0 radical (unpaired) electrons. The average Bonchev–Trinajstić information content (AvgIpc) is 2.62. The smallest absolute Gasteiger partial charge is 0.126 e. The molecule has 0 amide bonds. The second-order valence-electron chi connectivity index (χ2n) is 4.98. The van der Waals surface area contributed by atoms with E-state index in [9.17, 15) is 5.26 Å². The minimum absolute atomic E-state index is 0.488. The van der Waals surface area contributed by atoms with Gasteiger partial charge >= 0.3 is 0 Å². The molecule has 2 N–H and O–H groups in total. The standard InChI is InChI=1S/C16H19N3O/c1-9-6-7-14(20-5)11(3)15(9)19-12(4)10(2)13(8-17)16(19)18/h6-7H,18H2,1-5H3. The van der Waals surface area contributed by atoms with E-state index < -0.39 is 0 Å². The monoisotopic (exact) mass is 269 g/mol. The van der Waals surface area contributed by atoms with E-state index in [1.165, 1.54) is 0 Å². The molecule has 0 spiro atoms. The molecule has 0 fully saturated rings. The van der Waals surface area contributed by atoms with E-state index in [0.717, 1.165) is 33.8 Å². The minimum atomic E-state index is 0.488. The molecule has 0 bridgehead atoms. The van der Waals surface area contributed by atoms with Crippen molar-refractivity contribution >= 4 is 5.82 Å². The van der Waals surface area contributed by atoms with Crippen molar-refractivity contribution in [1.29, 1.82) is 5.26 Å². The largest absolute Gasteiger partial charge is 0.496 e. The first-order valence-electron chi connectivity index (χ1n) is 6.46. The fraction of sp³-hybridized carbons (Fsp3) is 0.312. The van der Waals surface area contributed by atoms with Crippen LogP contribution in [0.4, 0.5) is 5.82 Å². The van der Waals surface area contributed by atoms with Crippen molar-refractivity contribution in [1.82, 2.24) is 4.57 Å². The summed E-state index contributed by atoms with van der Waals surface area (Å²) in [6.45, 7) is 7.93. The molecule has 104 valence electrons. The number of hydrogen-bond acceptors (Lipinski definition) is 3. The number of ether oxygens (including phenoxy) is 1. The van der Waals surface area contributed by atoms with Gasteiger partial charge in [-0.2, -0.15) is 5.26 Å². The third-order valence-electron chi connectivity index (χ3n) is 3.89. The normalized spacial score (nSPS) is 10.4. The van der Waals surface area contributed by atoms with Crippen LogP contribution in [0.25, 0.3) is 5.69 Å². The predicted molar refractivity (Wildman–Crippen MR) is 80.4 cm³/mol. The fourth-order valence-corrected chi connectivity index (χ4v) is 2.64. The highest BCUT2D eigenvalue weighted by Gasteiger charge is 2.20. The number of benzene rings is 1. The van der Waals surface area contributed by atoms with Crippen LogP contribution in [0.5, 0.6) is 5.75 Å². The second-order valence-corrected chi connectivity index (χ2v) is 4.98. The van der Waals surface area contributed by atoms with Crippen molar-refractivity contribution in [2.45, 2.75) is 27.7 Å². The van der Waals surface area contributed by atoms with Gasteiger partial charge in [-0.25, -0.2) is 0 Å². The maximum atomic E-state index is 9.26. The summed E-state index contributed by atoms with van der Waals surface area (Å²) in [4.78, 5) is 0. The quantitative estimate of drug-likeness (QED) is 0.910. The summed E-state index contributed by atoms with van der Waals surface area (Å²) in [7, 11) is 1.65. The lowest BCUT2D eigenvalue weighted by atomic mass is 10.1. The van der Waals surface area contributed by atoms with Gasteiger partial charge in [0, 0.05) is 11.3 Å². The van der Waals surface area contributed by atoms with Crippen molar-refractivity contribution in [3.63, 3.8) is 0 Å². The fourth-order valence-electron chi connectivity index (χ4n) is 2.64. The van der Waals surface area contributed by atoms with Gasteiger partial charge in [0.1, 0.15) is 17.6 Å². The molecule has 1 heterocycles. The molecule has 2 aromatic rings. The molecule has 0 atom stereocenters. The summed E-state index contributed by atoms with van der Waals surface area (Å²) in [5.41, 5.74) is 11.7. The number of nitrogens with two attached hydrogens (primary N) is 1. The number of nitrogens with zero attached hydrogens (tertiary/aromatic N) is 2. The Morgan fingerprint density at radius 3 is 2.30 bits per heavy atom. The molecule has 1 aromatic heterocycles. The molecule has 4 heteroatoms. The molecule has 4 nitrogen and oxygen atoms in total. The van der Waals surface area contributed by atoms with Crippen LogP contribution in [0.1, 0.15) is 27.9 Å². The lowest BCUT2D eigenvalue weighted by Crippen LogP contribution is -2.07. The van der Waals surface area contributed by atoms with Crippen molar-refractivity contribution < 1.29 is 4.74 Å². The van der Waals surface area contributed by atoms with Crippen LogP contribution in [-0.4, -0.2) is 11.7 Å². The number of aromatic nitrogens is 1. The molecule has 0 aliphatic carbocycles. The highest BCUT2D eigenvalue weighted by Crippen LogP contribution is 2.34. The molecule has 20 heavy (non-hydrogen) atoms. The number of aryl methyl sites for hydroxylation is 1. The zero-order valence-corrected chi connectivity index (χ0v) is 12.5. The van der Waals surface area contributed by atoms with Crippen molar-refractivity contribution in [3.05, 3.63) is 40.1 Å². The third kappa shape index (κ3) is 1.83. The Bertz CT molecular complexity index is 721. The zero-order valence-electron chi connectivity index (χ0n) is 12.5. The molecule has 2 rings (SSSR count). The van der Waals surface area contributed by atoms with Crippen LogP contribution >= 0.6 is 0 Å². The van der Waals surface area contributed by atoms with Crippen LogP contribution < -0.4 is 10.5 Å². The first-order valence-corrected chi connectivity index (χ1v) is 6.46. The maximum absolute atomic E-state index is 9.26. The van der Waals surface area contributed by atoms with Gasteiger partial charge in [0.05, 0.1) is 18.4 Å². The van der Waals surface area contributed by atoms with Gasteiger partial charge in [-0.15, -0.1) is 0 Å². The molecule has 0 saturated heterocycles. The predicted octanol–water partition coefficient (Wildman–Crippen LogP) is 3.17. The Hall–Kier alpha value is -2.41. The SMILES string of the molecule is COc1ccc(C)c(-n2c(C)c(C)c(C#N)c2N)c1C. The lowest BCUT2D eigenvalue weighted by molar-refractivity contribution is 0.411. The summed E-state index contributed by atoms with van der Waals surface area (Å²) in [6.07, 6.45) is 0. The van der Waals surface area contributed by atoms with E-state index in [4.69, 9.17) is 10.5 Å². The Labute approximate surface area is 119 Å². The van der Waals surface area contributed by atoms with Crippen LogP contribution in [-0.2, 0) is 0 Å². The Balaban J connectivity index is 2.86. The van der Waals surface area contributed by atoms with E-state index in [-0.39, 0.29) is 0 Å².